The summed E-state index contributed by atoms with van der Waals surface area (Å²) in [6.07, 6.45) is 1.74. The second kappa shape index (κ2) is 5.97. The van der Waals surface area contributed by atoms with Crippen molar-refractivity contribution < 1.29 is 4.79 Å². The monoisotopic (exact) mass is 334 g/mol. The number of halogens is 1. The van der Waals surface area contributed by atoms with Crippen molar-refractivity contribution in [2.24, 2.45) is 0 Å². The number of carbonyl (C=O) groups excluding carboxylic acids is 1. The zero-order chi connectivity index (χ0) is 14.8. The molecule has 0 spiro atoms. The van der Waals surface area contributed by atoms with E-state index in [1.807, 2.05) is 43.3 Å². The molecule has 1 N–H and O–H groups in total. The first kappa shape index (κ1) is 14.3. The van der Waals surface area contributed by atoms with Crippen LogP contribution in [0.3, 0.4) is 0 Å². The molecule has 106 valence electrons. The lowest BCUT2D eigenvalue weighted by atomic mass is 10.2. The minimum absolute atomic E-state index is 0.130. The van der Waals surface area contributed by atoms with Crippen molar-refractivity contribution in [2.75, 3.05) is 5.32 Å². The Kier molecular flexibility index (Phi) is 4.05. The van der Waals surface area contributed by atoms with Crippen LogP contribution in [-0.2, 0) is 0 Å². The van der Waals surface area contributed by atoms with Gasteiger partial charge in [0.1, 0.15) is 0 Å². The molecular formula is C15H11ClN2OS2. The first-order chi connectivity index (χ1) is 10.1. The van der Waals surface area contributed by atoms with Gasteiger partial charge in [-0.25, -0.2) is 4.98 Å². The second-order valence-corrected chi connectivity index (χ2v) is 7.16. The summed E-state index contributed by atoms with van der Waals surface area (Å²) >= 11 is 8.79. The highest BCUT2D eigenvalue weighted by Gasteiger charge is 2.12. The molecule has 6 heteroatoms. The van der Waals surface area contributed by atoms with E-state index in [1.54, 1.807) is 6.20 Å². The number of benzene rings is 1. The SMILES string of the molecule is Cc1cnc(NC(=O)c2ccc(-c3ccc(Cl)cc3)s2)s1. The number of amides is 1. The van der Waals surface area contributed by atoms with Gasteiger partial charge in [-0.05, 0) is 36.8 Å². The van der Waals surface area contributed by atoms with Gasteiger partial charge in [0.15, 0.2) is 5.13 Å². The maximum Gasteiger partial charge on any atom is 0.267 e. The van der Waals surface area contributed by atoms with Gasteiger partial charge in [-0.2, -0.15) is 0 Å². The van der Waals surface area contributed by atoms with Crippen LogP contribution in [0.2, 0.25) is 5.02 Å². The van der Waals surface area contributed by atoms with E-state index in [4.69, 9.17) is 11.6 Å². The molecule has 0 aliphatic carbocycles. The average molecular weight is 335 g/mol. The number of thiazole rings is 1. The topological polar surface area (TPSA) is 42.0 Å². The van der Waals surface area contributed by atoms with Crippen molar-refractivity contribution in [3.63, 3.8) is 0 Å². The number of aromatic nitrogens is 1. The van der Waals surface area contributed by atoms with E-state index in [2.05, 4.69) is 10.3 Å². The van der Waals surface area contributed by atoms with Crippen LogP contribution in [0.4, 0.5) is 5.13 Å². The maximum atomic E-state index is 12.2. The number of thiophene rings is 1. The maximum absolute atomic E-state index is 12.2. The zero-order valence-electron chi connectivity index (χ0n) is 11.1. The molecule has 0 radical (unpaired) electrons. The number of hydrogen-bond acceptors (Lipinski definition) is 4. The molecule has 1 aromatic carbocycles. The van der Waals surface area contributed by atoms with E-state index in [0.29, 0.717) is 15.0 Å². The quantitative estimate of drug-likeness (QED) is 0.725. The lowest BCUT2D eigenvalue weighted by Gasteiger charge is -1.98. The summed E-state index contributed by atoms with van der Waals surface area (Å²) in [5, 5.41) is 4.14. The molecule has 0 fully saturated rings. The van der Waals surface area contributed by atoms with Crippen LogP contribution in [0.25, 0.3) is 10.4 Å². The normalized spacial score (nSPS) is 10.6. The largest absolute Gasteiger partial charge is 0.297 e. The van der Waals surface area contributed by atoms with E-state index in [9.17, 15) is 4.79 Å². The summed E-state index contributed by atoms with van der Waals surface area (Å²) < 4.78 is 0. The molecule has 3 rings (SSSR count). The molecule has 21 heavy (non-hydrogen) atoms. The summed E-state index contributed by atoms with van der Waals surface area (Å²) in [5.41, 5.74) is 1.05. The van der Waals surface area contributed by atoms with Gasteiger partial charge in [0.2, 0.25) is 0 Å². The van der Waals surface area contributed by atoms with Crippen molar-refractivity contribution in [3.8, 4) is 10.4 Å². The first-order valence-corrected chi connectivity index (χ1v) is 8.22. The average Bonchev–Trinajstić information content (AvgIpc) is 3.09. The number of rotatable bonds is 3. The molecule has 0 saturated heterocycles. The molecule has 3 nitrogen and oxygen atoms in total. The van der Waals surface area contributed by atoms with Crippen LogP contribution in [-0.4, -0.2) is 10.9 Å². The molecule has 2 aromatic heterocycles. The van der Waals surface area contributed by atoms with Crippen LogP contribution in [0.1, 0.15) is 14.5 Å². The van der Waals surface area contributed by atoms with E-state index >= 15 is 0 Å². The second-order valence-electron chi connectivity index (χ2n) is 4.40. The summed E-state index contributed by atoms with van der Waals surface area (Å²) in [4.78, 5) is 19.1. The minimum Gasteiger partial charge on any atom is -0.297 e. The molecule has 1 amide bonds. The smallest absolute Gasteiger partial charge is 0.267 e. The van der Waals surface area contributed by atoms with Gasteiger partial charge in [0.05, 0.1) is 4.88 Å². The van der Waals surface area contributed by atoms with Crippen LogP contribution < -0.4 is 5.32 Å². The van der Waals surface area contributed by atoms with Gasteiger partial charge >= 0.3 is 0 Å². The van der Waals surface area contributed by atoms with E-state index < -0.39 is 0 Å². The molecule has 2 heterocycles. The van der Waals surface area contributed by atoms with E-state index in [1.165, 1.54) is 22.7 Å². The van der Waals surface area contributed by atoms with Gasteiger partial charge in [-0.3, -0.25) is 10.1 Å². The molecule has 0 aliphatic rings. The fraction of sp³-hybridized carbons (Fsp3) is 0.0667. The Morgan fingerprint density at radius 1 is 1.14 bits per heavy atom. The summed E-state index contributed by atoms with van der Waals surface area (Å²) in [5.74, 6) is -0.130. The van der Waals surface area contributed by atoms with Crippen molar-refractivity contribution >= 4 is 45.3 Å². The fourth-order valence-electron chi connectivity index (χ4n) is 1.80. The standard InChI is InChI=1S/C15H11ClN2OS2/c1-9-8-17-15(20-9)18-14(19)13-7-6-12(21-13)10-2-4-11(16)5-3-10/h2-8H,1H3,(H,17,18,19). The molecule has 0 saturated carbocycles. The summed E-state index contributed by atoms with van der Waals surface area (Å²) in [6.45, 7) is 1.96. The highest BCUT2D eigenvalue weighted by molar-refractivity contribution is 7.18. The highest BCUT2D eigenvalue weighted by Crippen LogP contribution is 2.29. The lowest BCUT2D eigenvalue weighted by molar-refractivity contribution is 0.103. The van der Waals surface area contributed by atoms with Crippen LogP contribution in [0.15, 0.2) is 42.6 Å². The molecule has 0 atom stereocenters. The zero-order valence-corrected chi connectivity index (χ0v) is 13.5. The van der Waals surface area contributed by atoms with Crippen LogP contribution >= 0.6 is 34.3 Å². The first-order valence-electron chi connectivity index (χ1n) is 6.21. The van der Waals surface area contributed by atoms with Crippen molar-refractivity contribution in [1.29, 1.82) is 0 Å². The van der Waals surface area contributed by atoms with Gasteiger partial charge in [-0.15, -0.1) is 22.7 Å². The van der Waals surface area contributed by atoms with Gasteiger partial charge in [0, 0.05) is 21.0 Å². The number of aryl methyl sites for hydroxylation is 1. The Morgan fingerprint density at radius 3 is 2.57 bits per heavy atom. The number of nitrogens with zero attached hydrogens (tertiary/aromatic N) is 1. The summed E-state index contributed by atoms with van der Waals surface area (Å²) in [7, 11) is 0. The number of hydrogen-bond donors (Lipinski definition) is 1. The van der Waals surface area contributed by atoms with Gasteiger partial charge in [-0.1, -0.05) is 23.7 Å². The number of anilines is 1. The van der Waals surface area contributed by atoms with Gasteiger partial charge < -0.3 is 0 Å². The third-order valence-corrected chi connectivity index (χ3v) is 5.01. The highest BCUT2D eigenvalue weighted by atomic mass is 35.5. The molecule has 0 unspecified atom stereocenters. The Labute approximate surface area is 135 Å². The van der Waals surface area contributed by atoms with Crippen molar-refractivity contribution in [2.45, 2.75) is 6.92 Å². The lowest BCUT2D eigenvalue weighted by Crippen LogP contribution is -2.09. The predicted molar refractivity (Wildman–Crippen MR) is 89.6 cm³/mol. The number of carbonyl (C=O) groups is 1. The minimum atomic E-state index is -0.130. The Bertz CT molecular complexity index is 777. The Morgan fingerprint density at radius 2 is 1.90 bits per heavy atom. The summed E-state index contributed by atoms with van der Waals surface area (Å²) in [6, 6.07) is 11.3. The third kappa shape index (κ3) is 3.32. The predicted octanol–water partition coefficient (Wildman–Crippen LogP) is 5.09. The van der Waals surface area contributed by atoms with Crippen molar-refractivity contribution in [1.82, 2.24) is 4.98 Å². The van der Waals surface area contributed by atoms with E-state index in [0.717, 1.165) is 15.3 Å². The van der Waals surface area contributed by atoms with E-state index in [-0.39, 0.29) is 5.91 Å². The fourth-order valence-corrected chi connectivity index (χ4v) is 3.49. The van der Waals surface area contributed by atoms with Crippen LogP contribution in [0, 0.1) is 6.92 Å². The molecule has 0 bridgehead atoms. The molecule has 0 aliphatic heterocycles. The molecular weight excluding hydrogens is 324 g/mol. The third-order valence-electron chi connectivity index (χ3n) is 2.80. The van der Waals surface area contributed by atoms with Crippen LogP contribution in [0.5, 0.6) is 0 Å². The van der Waals surface area contributed by atoms with Crippen molar-refractivity contribution in [3.05, 3.63) is 57.4 Å². The Balaban J connectivity index is 1.78. The number of nitrogens with one attached hydrogen (secondary N) is 1. The molecule has 3 aromatic rings. The Hall–Kier alpha value is -1.69. The van der Waals surface area contributed by atoms with Gasteiger partial charge in [0.25, 0.3) is 5.91 Å².